The van der Waals surface area contributed by atoms with Crippen LogP contribution in [0.25, 0.3) is 0 Å². The van der Waals surface area contributed by atoms with E-state index in [4.69, 9.17) is 11.6 Å². The van der Waals surface area contributed by atoms with Crippen LogP contribution in [0.1, 0.15) is 17.5 Å². The van der Waals surface area contributed by atoms with Crippen molar-refractivity contribution in [2.45, 2.75) is 19.0 Å². The van der Waals surface area contributed by atoms with E-state index in [1.165, 1.54) is 0 Å². The number of halogens is 5. The second-order valence-corrected chi connectivity index (χ2v) is 3.52. The van der Waals surface area contributed by atoms with Crippen molar-refractivity contribution in [3.05, 3.63) is 35.1 Å². The van der Waals surface area contributed by atoms with Crippen LogP contribution in [0.3, 0.4) is 0 Å². The summed E-state index contributed by atoms with van der Waals surface area (Å²) in [5.41, 5.74) is -0.630. The molecule has 0 aliphatic rings. The predicted molar refractivity (Wildman–Crippen MR) is 50.4 cm³/mol. The largest absolute Gasteiger partial charge is 0.416 e. The number of hydrogen-bond donors (Lipinski definition) is 0. The highest BCUT2D eigenvalue weighted by molar-refractivity contribution is 6.17. The summed E-state index contributed by atoms with van der Waals surface area (Å²) >= 11 is 5.40. The normalized spacial score (nSPS) is 11.8. The first-order chi connectivity index (χ1) is 6.93. The zero-order valence-electron chi connectivity index (χ0n) is 7.74. The van der Waals surface area contributed by atoms with E-state index in [0.29, 0.717) is 30.4 Å². The van der Waals surface area contributed by atoms with E-state index in [1.54, 1.807) is 0 Å². The van der Waals surface area contributed by atoms with E-state index in [-0.39, 0.29) is 0 Å². The zero-order valence-corrected chi connectivity index (χ0v) is 8.50. The van der Waals surface area contributed by atoms with Crippen molar-refractivity contribution in [2.75, 3.05) is 5.88 Å². The molecule has 0 amide bonds. The van der Waals surface area contributed by atoms with Gasteiger partial charge < -0.3 is 0 Å². The maximum Gasteiger partial charge on any atom is 0.416 e. The number of hydrogen-bond acceptors (Lipinski definition) is 0. The summed E-state index contributed by atoms with van der Waals surface area (Å²) in [4.78, 5) is 0. The van der Waals surface area contributed by atoms with Crippen LogP contribution in [0, 0.1) is 5.82 Å². The lowest BCUT2D eigenvalue weighted by Gasteiger charge is -2.08. The lowest BCUT2D eigenvalue weighted by molar-refractivity contribution is -0.137. The number of benzene rings is 1. The van der Waals surface area contributed by atoms with Gasteiger partial charge in [0.05, 0.1) is 5.56 Å². The van der Waals surface area contributed by atoms with E-state index in [2.05, 4.69) is 0 Å². The number of aryl methyl sites for hydroxylation is 1. The van der Waals surface area contributed by atoms with Gasteiger partial charge >= 0.3 is 6.18 Å². The van der Waals surface area contributed by atoms with Gasteiger partial charge in [-0.2, -0.15) is 13.2 Å². The van der Waals surface area contributed by atoms with Crippen LogP contribution in [0.5, 0.6) is 0 Å². The molecule has 5 heteroatoms. The minimum absolute atomic E-state index is 0.322. The molecular formula is C10H9ClF4. The third kappa shape index (κ3) is 3.70. The Kier molecular flexibility index (Phi) is 3.97. The third-order valence-corrected chi connectivity index (χ3v) is 2.15. The smallest absolute Gasteiger partial charge is 0.207 e. The number of alkyl halides is 4. The first kappa shape index (κ1) is 12.3. The average Bonchev–Trinajstić information content (AvgIpc) is 2.12. The van der Waals surface area contributed by atoms with Crippen LogP contribution in [0.2, 0.25) is 0 Å². The quantitative estimate of drug-likeness (QED) is 0.553. The molecule has 0 radical (unpaired) electrons. The van der Waals surface area contributed by atoms with Crippen LogP contribution >= 0.6 is 11.6 Å². The Morgan fingerprint density at radius 3 is 2.33 bits per heavy atom. The molecule has 1 rings (SSSR count). The highest BCUT2D eigenvalue weighted by atomic mass is 35.5. The molecule has 0 aliphatic heterocycles. The minimum Gasteiger partial charge on any atom is -0.207 e. The fraction of sp³-hybridized carbons (Fsp3) is 0.400. The topological polar surface area (TPSA) is 0 Å². The molecule has 0 unspecified atom stereocenters. The molecule has 0 N–H and O–H groups in total. The molecule has 0 heterocycles. The van der Waals surface area contributed by atoms with Crippen molar-refractivity contribution in [3.63, 3.8) is 0 Å². The van der Waals surface area contributed by atoms with Crippen molar-refractivity contribution in [2.24, 2.45) is 0 Å². The molecule has 0 atom stereocenters. The molecule has 1 aromatic rings. The fourth-order valence-electron chi connectivity index (χ4n) is 1.23. The highest BCUT2D eigenvalue weighted by Gasteiger charge is 2.31. The van der Waals surface area contributed by atoms with Gasteiger partial charge in [0.2, 0.25) is 0 Å². The fourth-order valence-corrected chi connectivity index (χ4v) is 1.36. The maximum atomic E-state index is 12.9. The Bertz CT molecular complexity index is 333. The summed E-state index contributed by atoms with van der Waals surface area (Å²) in [6, 6.07) is 2.54. The zero-order chi connectivity index (χ0) is 11.5. The van der Waals surface area contributed by atoms with Crippen molar-refractivity contribution in [1.29, 1.82) is 0 Å². The second-order valence-electron chi connectivity index (χ2n) is 3.14. The van der Waals surface area contributed by atoms with Gasteiger partial charge in [0.1, 0.15) is 5.82 Å². The van der Waals surface area contributed by atoms with Crippen LogP contribution in [0.4, 0.5) is 17.6 Å². The van der Waals surface area contributed by atoms with Gasteiger partial charge in [-0.15, -0.1) is 11.6 Å². The molecule has 15 heavy (non-hydrogen) atoms. The molecule has 0 aliphatic carbocycles. The Morgan fingerprint density at radius 1 is 1.13 bits per heavy atom. The SMILES string of the molecule is Fc1cc(CCCCl)cc(C(F)(F)F)c1. The van der Waals surface area contributed by atoms with Crippen molar-refractivity contribution in [3.8, 4) is 0 Å². The van der Waals surface area contributed by atoms with E-state index >= 15 is 0 Å². The summed E-state index contributed by atoms with van der Waals surface area (Å²) in [5.74, 6) is -0.521. The van der Waals surface area contributed by atoms with Gasteiger partial charge in [-0.3, -0.25) is 0 Å². The standard InChI is InChI=1S/C10H9ClF4/c11-3-1-2-7-4-8(10(13,14)15)6-9(12)5-7/h4-6H,1-3H2. The third-order valence-electron chi connectivity index (χ3n) is 1.88. The minimum atomic E-state index is -4.50. The monoisotopic (exact) mass is 240 g/mol. The maximum absolute atomic E-state index is 12.9. The second kappa shape index (κ2) is 4.84. The van der Waals surface area contributed by atoms with E-state index in [0.717, 1.165) is 12.1 Å². The highest BCUT2D eigenvalue weighted by Crippen LogP contribution is 2.30. The van der Waals surface area contributed by atoms with Crippen LogP contribution in [-0.2, 0) is 12.6 Å². The van der Waals surface area contributed by atoms with E-state index in [9.17, 15) is 17.6 Å². The van der Waals surface area contributed by atoms with Crippen LogP contribution in [0.15, 0.2) is 18.2 Å². The van der Waals surface area contributed by atoms with E-state index in [1.807, 2.05) is 0 Å². The molecule has 0 fully saturated rings. The summed E-state index contributed by atoms with van der Waals surface area (Å²) < 4.78 is 49.7. The Morgan fingerprint density at radius 2 is 1.80 bits per heavy atom. The van der Waals surface area contributed by atoms with Crippen molar-refractivity contribution in [1.82, 2.24) is 0 Å². The van der Waals surface area contributed by atoms with Gasteiger partial charge in [-0.05, 0) is 36.6 Å². The number of rotatable bonds is 3. The van der Waals surface area contributed by atoms with Gasteiger partial charge in [-0.25, -0.2) is 4.39 Å². The van der Waals surface area contributed by atoms with Gasteiger partial charge in [0.15, 0.2) is 0 Å². The molecule has 1 aromatic carbocycles. The van der Waals surface area contributed by atoms with Crippen molar-refractivity contribution >= 4 is 11.6 Å². The molecule has 0 saturated heterocycles. The summed E-state index contributed by atoms with van der Waals surface area (Å²) in [7, 11) is 0. The summed E-state index contributed by atoms with van der Waals surface area (Å²) in [6.45, 7) is 0. The van der Waals surface area contributed by atoms with Gasteiger partial charge in [-0.1, -0.05) is 0 Å². The molecular weight excluding hydrogens is 232 g/mol. The van der Waals surface area contributed by atoms with Gasteiger partial charge in [0, 0.05) is 5.88 Å². The summed E-state index contributed by atoms with van der Waals surface area (Å²) in [6.07, 6.45) is -3.62. The molecule has 0 bridgehead atoms. The first-order valence-corrected chi connectivity index (χ1v) is 4.89. The Hall–Kier alpha value is -0.770. The summed E-state index contributed by atoms with van der Waals surface area (Å²) in [5, 5.41) is 0. The predicted octanol–water partition coefficient (Wildman–Crippen LogP) is 4.02. The van der Waals surface area contributed by atoms with Gasteiger partial charge in [0.25, 0.3) is 0 Å². The molecule has 0 saturated carbocycles. The molecule has 0 nitrogen and oxygen atoms in total. The van der Waals surface area contributed by atoms with E-state index < -0.39 is 17.6 Å². The molecule has 84 valence electrons. The Balaban J connectivity index is 2.95. The lowest BCUT2D eigenvalue weighted by atomic mass is 10.1. The van der Waals surface area contributed by atoms with Crippen LogP contribution in [-0.4, -0.2) is 5.88 Å². The first-order valence-electron chi connectivity index (χ1n) is 4.36. The average molecular weight is 241 g/mol. The Labute approximate surface area is 89.9 Å². The van der Waals surface area contributed by atoms with Crippen molar-refractivity contribution < 1.29 is 17.6 Å². The van der Waals surface area contributed by atoms with Crippen LogP contribution < -0.4 is 0 Å². The molecule has 0 spiro atoms. The lowest BCUT2D eigenvalue weighted by Crippen LogP contribution is -2.06. The molecule has 0 aromatic heterocycles.